The second kappa shape index (κ2) is 29.5. The van der Waals surface area contributed by atoms with Crippen LogP contribution in [0.25, 0.3) is 0 Å². The van der Waals surface area contributed by atoms with Gasteiger partial charge in [-0.05, 0) is 56.4 Å². The number of carbonyl (C=O) groups is 4. The van der Waals surface area contributed by atoms with Gasteiger partial charge in [0.1, 0.15) is 0 Å². The third-order valence-electron chi connectivity index (χ3n) is 9.48. The Morgan fingerprint density at radius 3 is 0.615 bits per heavy atom. The highest BCUT2D eigenvalue weighted by Gasteiger charge is 2.18. The number of nitrogens with one attached hydrogen (secondary N) is 4. The molecule has 304 valence electrons. The van der Waals surface area contributed by atoms with E-state index in [1.54, 1.807) is 0 Å². The molecule has 4 rings (SSSR count). The molecule has 4 aliphatic rings. The van der Waals surface area contributed by atoms with Crippen LogP contribution < -0.4 is 21.3 Å². The highest BCUT2D eigenvalue weighted by molar-refractivity contribution is 5.83. The molecule has 52 heavy (non-hydrogen) atoms. The maximum absolute atomic E-state index is 11.3. The van der Waals surface area contributed by atoms with E-state index in [9.17, 15) is 19.2 Å². The van der Waals surface area contributed by atoms with Crippen molar-refractivity contribution in [3.8, 4) is 0 Å². The van der Waals surface area contributed by atoms with Gasteiger partial charge in [0.05, 0.1) is 52.4 Å². The zero-order valence-corrected chi connectivity index (χ0v) is 34.2. The minimum atomic E-state index is 0.284. The zero-order chi connectivity index (χ0) is 38.7. The number of rotatable bonds is 16. The van der Waals surface area contributed by atoms with Crippen molar-refractivity contribution in [1.29, 1.82) is 0 Å². The number of likely N-dealkylation sites (N-methyl/N-ethyl adjacent to an activating group) is 8. The Hall–Kier alpha value is -1.80. The number of ketones is 4. The summed E-state index contributed by atoms with van der Waals surface area (Å²) >= 11 is 0. The third-order valence-corrected chi connectivity index (χ3v) is 9.48. The SMILES string of the molecule is CNCC(=O)CN1CCN(C)CC1.CNCC(=O)CN1CCN(C)CC1.CNCC(=O)CN1CCN(C)CC1.CNCC(=O)CN1CCN(C)CC1. The van der Waals surface area contributed by atoms with Gasteiger partial charge in [0, 0.05) is 105 Å². The number of hydrogen-bond acceptors (Lipinski definition) is 16. The Kier molecular flexibility index (Phi) is 27.4. The summed E-state index contributed by atoms with van der Waals surface area (Å²) in [7, 11) is 15.7. The molecule has 0 radical (unpaired) electrons. The number of nitrogens with zero attached hydrogens (tertiary/aromatic N) is 8. The molecule has 16 heteroatoms. The largest absolute Gasteiger partial charge is 0.313 e. The number of Topliss-reactive ketones (excluding diaryl/α,β-unsaturated/α-hetero) is 4. The summed E-state index contributed by atoms with van der Waals surface area (Å²) in [5, 5.41) is 11.5. The highest BCUT2D eigenvalue weighted by atomic mass is 16.1. The number of piperazine rings is 4. The molecule has 0 saturated carbocycles. The summed E-state index contributed by atoms with van der Waals surface area (Å²) in [5.41, 5.74) is 0. The lowest BCUT2D eigenvalue weighted by atomic mass is 10.3. The first kappa shape index (κ1) is 48.2. The second-order valence-electron chi connectivity index (χ2n) is 14.6. The molecule has 0 atom stereocenters. The molecule has 0 unspecified atom stereocenters. The smallest absolute Gasteiger partial charge is 0.160 e. The molecule has 0 spiro atoms. The molecule has 0 amide bonds. The van der Waals surface area contributed by atoms with Gasteiger partial charge in [-0.3, -0.25) is 38.8 Å². The molecule has 0 aliphatic carbocycles. The van der Waals surface area contributed by atoms with Crippen LogP contribution in [0.3, 0.4) is 0 Å². The molecular weight excluding hydrogens is 664 g/mol. The van der Waals surface area contributed by atoms with Crippen molar-refractivity contribution < 1.29 is 19.2 Å². The van der Waals surface area contributed by atoms with Crippen LogP contribution in [0, 0.1) is 0 Å². The van der Waals surface area contributed by atoms with Crippen LogP contribution in [0.5, 0.6) is 0 Å². The molecule has 0 bridgehead atoms. The van der Waals surface area contributed by atoms with Gasteiger partial charge in [-0.2, -0.15) is 0 Å². The quantitative estimate of drug-likeness (QED) is 0.122. The van der Waals surface area contributed by atoms with Crippen LogP contribution in [-0.2, 0) is 19.2 Å². The van der Waals surface area contributed by atoms with Crippen molar-refractivity contribution >= 4 is 23.1 Å². The number of hydrogen-bond donors (Lipinski definition) is 4. The maximum Gasteiger partial charge on any atom is 0.160 e. The summed E-state index contributed by atoms with van der Waals surface area (Å²) in [6, 6.07) is 0. The predicted octanol–water partition coefficient (Wildman–Crippen LogP) is -3.91. The van der Waals surface area contributed by atoms with Crippen molar-refractivity contribution in [1.82, 2.24) is 60.5 Å². The minimum absolute atomic E-state index is 0.284. The molecule has 0 aromatic rings. The Balaban J connectivity index is 0.000000347. The van der Waals surface area contributed by atoms with E-state index in [0.29, 0.717) is 52.4 Å². The molecule has 4 saturated heterocycles. The standard InChI is InChI=1S/4C9H19N3O/c4*1-10-7-9(13)8-12-5-3-11(2)4-6-12/h4*10H,3-8H2,1-2H3. The van der Waals surface area contributed by atoms with Gasteiger partial charge in [0.25, 0.3) is 0 Å². The van der Waals surface area contributed by atoms with Crippen LogP contribution in [-0.4, -0.2) is 276 Å². The topological polar surface area (TPSA) is 142 Å². The Labute approximate surface area is 315 Å². The second-order valence-corrected chi connectivity index (χ2v) is 14.6. The first-order valence-corrected chi connectivity index (χ1v) is 19.2. The molecule has 4 fully saturated rings. The summed E-state index contributed by atoms with van der Waals surface area (Å²) in [6.45, 7) is 21.2. The van der Waals surface area contributed by atoms with E-state index >= 15 is 0 Å². The first-order chi connectivity index (χ1) is 24.9. The molecule has 0 aromatic heterocycles. The Morgan fingerprint density at radius 1 is 0.327 bits per heavy atom. The fraction of sp³-hybridized carbons (Fsp3) is 0.889. The van der Waals surface area contributed by atoms with Gasteiger partial charge < -0.3 is 40.9 Å². The van der Waals surface area contributed by atoms with E-state index in [-0.39, 0.29) is 23.1 Å². The fourth-order valence-electron chi connectivity index (χ4n) is 6.03. The predicted molar refractivity (Wildman–Crippen MR) is 211 cm³/mol. The lowest BCUT2D eigenvalue weighted by molar-refractivity contribution is -0.120. The summed E-state index contributed by atoms with van der Waals surface area (Å²) in [6.07, 6.45) is 0. The van der Waals surface area contributed by atoms with Crippen LogP contribution in [0.15, 0.2) is 0 Å². The van der Waals surface area contributed by atoms with E-state index in [1.807, 2.05) is 28.2 Å². The van der Waals surface area contributed by atoms with Crippen molar-refractivity contribution in [2.24, 2.45) is 0 Å². The van der Waals surface area contributed by atoms with Gasteiger partial charge in [-0.1, -0.05) is 0 Å². The minimum Gasteiger partial charge on any atom is -0.313 e. The zero-order valence-electron chi connectivity index (χ0n) is 34.2. The normalized spacial score (nSPS) is 20.5. The molecule has 4 aliphatic heterocycles. The first-order valence-electron chi connectivity index (χ1n) is 19.2. The number of carbonyl (C=O) groups excluding carboxylic acids is 4. The molecular formula is C36H76N12O4. The van der Waals surface area contributed by atoms with Gasteiger partial charge in [0.15, 0.2) is 23.1 Å². The van der Waals surface area contributed by atoms with Crippen molar-refractivity contribution in [3.05, 3.63) is 0 Å². The van der Waals surface area contributed by atoms with E-state index in [2.05, 4.69) is 88.7 Å². The highest BCUT2D eigenvalue weighted by Crippen LogP contribution is 2.01. The molecule has 4 N–H and O–H groups in total. The van der Waals surface area contributed by atoms with Crippen LogP contribution in [0.4, 0.5) is 0 Å². The van der Waals surface area contributed by atoms with Gasteiger partial charge in [0.2, 0.25) is 0 Å². The van der Waals surface area contributed by atoms with Gasteiger partial charge in [-0.25, -0.2) is 0 Å². The third kappa shape index (κ3) is 24.5. The molecule has 16 nitrogen and oxygen atoms in total. The van der Waals surface area contributed by atoms with E-state index in [4.69, 9.17) is 0 Å². The van der Waals surface area contributed by atoms with Crippen molar-refractivity contribution in [3.63, 3.8) is 0 Å². The Bertz CT molecular complexity index is 809. The summed E-state index contributed by atoms with van der Waals surface area (Å²) in [4.78, 5) is 63.2. The fourth-order valence-corrected chi connectivity index (χ4v) is 6.03. The van der Waals surface area contributed by atoms with Crippen molar-refractivity contribution in [2.75, 3.05) is 213 Å². The van der Waals surface area contributed by atoms with E-state index in [1.165, 1.54) is 0 Å². The Morgan fingerprint density at radius 2 is 0.481 bits per heavy atom. The molecule has 4 heterocycles. The lowest BCUT2D eigenvalue weighted by Crippen LogP contribution is -2.47. The summed E-state index contributed by atoms with van der Waals surface area (Å²) in [5.74, 6) is 1.14. The lowest BCUT2D eigenvalue weighted by Gasteiger charge is -2.31. The van der Waals surface area contributed by atoms with E-state index in [0.717, 1.165) is 105 Å². The van der Waals surface area contributed by atoms with Crippen molar-refractivity contribution in [2.45, 2.75) is 0 Å². The monoisotopic (exact) mass is 741 g/mol. The molecule has 0 aromatic carbocycles. The maximum atomic E-state index is 11.3. The van der Waals surface area contributed by atoms with Gasteiger partial charge >= 0.3 is 0 Å². The van der Waals surface area contributed by atoms with Crippen LogP contribution in [0.2, 0.25) is 0 Å². The van der Waals surface area contributed by atoms with E-state index < -0.39 is 0 Å². The van der Waals surface area contributed by atoms with Gasteiger partial charge in [-0.15, -0.1) is 0 Å². The summed E-state index contributed by atoms with van der Waals surface area (Å²) < 4.78 is 0. The average Bonchev–Trinajstić information content (AvgIpc) is 3.10. The average molecular weight is 741 g/mol. The van der Waals surface area contributed by atoms with Crippen LogP contribution in [0.1, 0.15) is 0 Å². The van der Waals surface area contributed by atoms with Crippen LogP contribution >= 0.6 is 0 Å².